The predicted octanol–water partition coefficient (Wildman–Crippen LogP) is 7.08. The van der Waals surface area contributed by atoms with Crippen molar-refractivity contribution >= 4 is 35.2 Å². The Morgan fingerprint density at radius 3 is 2.35 bits per heavy atom. The zero-order valence-corrected chi connectivity index (χ0v) is 23.5. The van der Waals surface area contributed by atoms with Gasteiger partial charge in [-0.2, -0.15) is 0 Å². The van der Waals surface area contributed by atoms with Crippen LogP contribution in [0.25, 0.3) is 0 Å². The highest BCUT2D eigenvalue weighted by atomic mass is 35.5. The summed E-state index contributed by atoms with van der Waals surface area (Å²) in [6.07, 6.45) is 2.41. The van der Waals surface area contributed by atoms with Crippen LogP contribution in [0.5, 0.6) is 0 Å². The van der Waals surface area contributed by atoms with Crippen LogP contribution < -0.4 is 5.32 Å². The second-order valence-corrected chi connectivity index (χ2v) is 11.0. The van der Waals surface area contributed by atoms with E-state index in [1.54, 1.807) is 16.7 Å². The van der Waals surface area contributed by atoms with E-state index in [0.29, 0.717) is 24.4 Å². The van der Waals surface area contributed by atoms with Crippen molar-refractivity contribution in [2.75, 3.05) is 5.75 Å². The van der Waals surface area contributed by atoms with Gasteiger partial charge in [0.15, 0.2) is 0 Å². The van der Waals surface area contributed by atoms with Gasteiger partial charge in [0.25, 0.3) is 0 Å². The van der Waals surface area contributed by atoms with Crippen LogP contribution in [-0.4, -0.2) is 34.6 Å². The van der Waals surface area contributed by atoms with Crippen LogP contribution in [0.1, 0.15) is 49.8 Å². The topological polar surface area (TPSA) is 49.4 Å². The Bertz CT molecular complexity index is 1140. The first-order valence-corrected chi connectivity index (χ1v) is 14.3. The second-order valence-electron chi connectivity index (χ2n) is 9.44. The minimum absolute atomic E-state index is 0.00144. The molecule has 3 aromatic carbocycles. The van der Waals surface area contributed by atoms with Crippen molar-refractivity contribution in [3.8, 4) is 0 Å². The van der Waals surface area contributed by atoms with Crippen LogP contribution >= 0.6 is 23.4 Å². The molecule has 0 aliphatic rings. The van der Waals surface area contributed by atoms with E-state index in [1.807, 2.05) is 93.6 Å². The number of aryl methyl sites for hydroxylation is 1. The molecule has 0 radical (unpaired) electrons. The molecule has 2 atom stereocenters. The Morgan fingerprint density at radius 1 is 0.973 bits per heavy atom. The summed E-state index contributed by atoms with van der Waals surface area (Å²) >= 11 is 7.70. The molecule has 0 saturated carbocycles. The maximum absolute atomic E-state index is 13.7. The average Bonchev–Trinajstić information content (AvgIpc) is 2.90. The third-order valence-electron chi connectivity index (χ3n) is 6.32. The number of benzene rings is 3. The molecule has 0 unspecified atom stereocenters. The van der Waals surface area contributed by atoms with Crippen LogP contribution in [0.4, 0.5) is 0 Å². The molecule has 0 aromatic heterocycles. The molecule has 0 fully saturated rings. The van der Waals surface area contributed by atoms with Crippen molar-refractivity contribution in [3.63, 3.8) is 0 Å². The highest BCUT2D eigenvalue weighted by Gasteiger charge is 2.30. The van der Waals surface area contributed by atoms with E-state index in [2.05, 4.69) is 11.4 Å². The molecular weight excluding hydrogens is 500 g/mol. The molecule has 0 heterocycles. The number of carbonyl (C=O) groups is 2. The summed E-state index contributed by atoms with van der Waals surface area (Å²) in [7, 11) is 0. The largest absolute Gasteiger partial charge is 0.352 e. The molecule has 0 saturated heterocycles. The standard InChI is InChI=1S/C31H37ClN2O2S/c1-4-24(3)33-31(36)29(21-25-11-6-5-7-12-25)34(22-26-13-8-10-23(2)20-26)30(35)14-9-19-37-28-17-15-27(32)16-18-28/h5-8,10-13,15-18,20,24,29H,4,9,14,19,21-22H2,1-3H3,(H,33,36)/t24-,29-/m1/s1. The van der Waals surface area contributed by atoms with Crippen molar-refractivity contribution in [2.45, 2.75) is 70.0 Å². The van der Waals surface area contributed by atoms with Gasteiger partial charge in [-0.05, 0) is 67.8 Å². The molecule has 0 aliphatic heterocycles. The summed E-state index contributed by atoms with van der Waals surface area (Å²) in [6, 6.07) is 25.3. The highest BCUT2D eigenvalue weighted by Crippen LogP contribution is 2.23. The number of thioether (sulfide) groups is 1. The van der Waals surface area contributed by atoms with Crippen LogP contribution in [0, 0.1) is 6.92 Å². The van der Waals surface area contributed by atoms with Gasteiger partial charge in [-0.1, -0.05) is 78.7 Å². The number of amides is 2. The van der Waals surface area contributed by atoms with E-state index < -0.39 is 6.04 Å². The zero-order valence-electron chi connectivity index (χ0n) is 22.0. The summed E-state index contributed by atoms with van der Waals surface area (Å²) in [4.78, 5) is 30.2. The number of hydrogen-bond donors (Lipinski definition) is 1. The highest BCUT2D eigenvalue weighted by molar-refractivity contribution is 7.99. The van der Waals surface area contributed by atoms with E-state index in [9.17, 15) is 9.59 Å². The fraction of sp³-hybridized carbons (Fsp3) is 0.355. The monoisotopic (exact) mass is 536 g/mol. The molecule has 3 rings (SSSR count). The lowest BCUT2D eigenvalue weighted by Gasteiger charge is -2.32. The van der Waals surface area contributed by atoms with Gasteiger partial charge in [0.2, 0.25) is 11.8 Å². The van der Waals surface area contributed by atoms with E-state index >= 15 is 0 Å². The van der Waals surface area contributed by atoms with Gasteiger partial charge in [0, 0.05) is 35.3 Å². The fourth-order valence-electron chi connectivity index (χ4n) is 4.09. The van der Waals surface area contributed by atoms with Gasteiger partial charge < -0.3 is 10.2 Å². The van der Waals surface area contributed by atoms with Gasteiger partial charge >= 0.3 is 0 Å². The Balaban J connectivity index is 1.79. The van der Waals surface area contributed by atoms with E-state index in [1.165, 1.54) is 0 Å². The Kier molecular flexibility index (Phi) is 11.6. The van der Waals surface area contributed by atoms with Crippen molar-refractivity contribution in [1.29, 1.82) is 0 Å². The summed E-state index contributed by atoms with van der Waals surface area (Å²) in [5.74, 6) is 0.710. The van der Waals surface area contributed by atoms with E-state index in [-0.39, 0.29) is 17.9 Å². The van der Waals surface area contributed by atoms with Gasteiger partial charge in [0.05, 0.1) is 0 Å². The summed E-state index contributed by atoms with van der Waals surface area (Å²) in [6.45, 7) is 6.49. The number of nitrogens with one attached hydrogen (secondary N) is 1. The first kappa shape index (κ1) is 28.8. The van der Waals surface area contributed by atoms with Crippen LogP contribution in [0.2, 0.25) is 5.02 Å². The van der Waals surface area contributed by atoms with Gasteiger partial charge in [-0.3, -0.25) is 9.59 Å². The molecule has 2 amide bonds. The minimum atomic E-state index is -0.590. The predicted molar refractivity (Wildman–Crippen MR) is 155 cm³/mol. The molecule has 0 bridgehead atoms. The summed E-state index contributed by atoms with van der Waals surface area (Å²) in [5, 5.41) is 3.84. The number of carbonyl (C=O) groups excluding carboxylic acids is 2. The zero-order chi connectivity index (χ0) is 26.6. The van der Waals surface area contributed by atoms with Crippen molar-refractivity contribution < 1.29 is 9.59 Å². The average molecular weight is 537 g/mol. The van der Waals surface area contributed by atoms with Crippen LogP contribution in [-0.2, 0) is 22.6 Å². The van der Waals surface area contributed by atoms with Gasteiger partial charge in [-0.15, -0.1) is 11.8 Å². The quantitative estimate of drug-likeness (QED) is 0.188. The molecule has 4 nitrogen and oxygen atoms in total. The fourth-order valence-corrected chi connectivity index (χ4v) is 5.07. The Morgan fingerprint density at radius 2 is 1.68 bits per heavy atom. The van der Waals surface area contributed by atoms with Crippen LogP contribution in [0.15, 0.2) is 83.8 Å². The maximum Gasteiger partial charge on any atom is 0.243 e. The number of rotatable bonds is 13. The lowest BCUT2D eigenvalue weighted by Crippen LogP contribution is -2.52. The minimum Gasteiger partial charge on any atom is -0.352 e. The first-order chi connectivity index (χ1) is 17.9. The lowest BCUT2D eigenvalue weighted by molar-refractivity contribution is -0.141. The Labute approximate surface area is 230 Å². The molecule has 0 aliphatic carbocycles. The normalized spacial score (nSPS) is 12.5. The molecule has 196 valence electrons. The molecule has 1 N–H and O–H groups in total. The van der Waals surface area contributed by atoms with E-state index in [0.717, 1.165) is 40.2 Å². The molecule has 3 aromatic rings. The molecule has 0 spiro atoms. The molecule has 6 heteroatoms. The smallest absolute Gasteiger partial charge is 0.243 e. The summed E-state index contributed by atoms with van der Waals surface area (Å²) < 4.78 is 0. The Hall–Kier alpha value is -2.76. The number of nitrogens with zero attached hydrogens (tertiary/aromatic N) is 1. The van der Waals surface area contributed by atoms with Crippen molar-refractivity contribution in [3.05, 3.63) is 101 Å². The van der Waals surface area contributed by atoms with Gasteiger partial charge in [0.1, 0.15) is 6.04 Å². The number of halogens is 1. The SMILES string of the molecule is CC[C@@H](C)NC(=O)[C@@H](Cc1ccccc1)N(Cc1cccc(C)c1)C(=O)CCCSc1ccc(Cl)cc1. The lowest BCUT2D eigenvalue weighted by atomic mass is 10.0. The molecule has 37 heavy (non-hydrogen) atoms. The first-order valence-electron chi connectivity index (χ1n) is 12.9. The second kappa shape index (κ2) is 14.8. The maximum atomic E-state index is 13.7. The molecular formula is C31H37ClN2O2S. The van der Waals surface area contributed by atoms with E-state index in [4.69, 9.17) is 11.6 Å². The third kappa shape index (κ3) is 9.56. The van der Waals surface area contributed by atoms with Crippen molar-refractivity contribution in [1.82, 2.24) is 10.2 Å². The van der Waals surface area contributed by atoms with Crippen molar-refractivity contribution in [2.24, 2.45) is 0 Å². The number of hydrogen-bond acceptors (Lipinski definition) is 3. The van der Waals surface area contributed by atoms with Gasteiger partial charge in [-0.25, -0.2) is 0 Å². The third-order valence-corrected chi connectivity index (χ3v) is 7.68. The summed E-state index contributed by atoms with van der Waals surface area (Å²) in [5.41, 5.74) is 3.19. The van der Waals surface area contributed by atoms with Crippen LogP contribution in [0.3, 0.4) is 0 Å².